The van der Waals surface area contributed by atoms with E-state index in [-0.39, 0.29) is 18.4 Å². The number of likely N-dealkylation sites (N-methyl/N-ethyl adjacent to an activating group) is 1. The van der Waals surface area contributed by atoms with Crippen molar-refractivity contribution in [2.45, 2.75) is 74.4 Å². The zero-order chi connectivity index (χ0) is 30.1. The van der Waals surface area contributed by atoms with E-state index in [1.807, 2.05) is 61.6 Å². The Morgan fingerprint density at radius 3 is 2.50 bits per heavy atom. The van der Waals surface area contributed by atoms with Crippen LogP contribution in [-0.2, 0) is 29.7 Å². The first-order valence-electron chi connectivity index (χ1n) is 16.3. The average Bonchev–Trinajstić information content (AvgIpc) is 3.79. The van der Waals surface area contributed by atoms with E-state index in [1.54, 1.807) is 4.90 Å². The number of nitrogens with zero attached hydrogens (tertiary/aromatic N) is 2. The molecule has 2 aliphatic heterocycles. The van der Waals surface area contributed by atoms with Gasteiger partial charge in [0.25, 0.3) is 0 Å². The summed E-state index contributed by atoms with van der Waals surface area (Å²) in [5, 5.41) is 25.1. The fourth-order valence-corrected chi connectivity index (χ4v) is 8.89. The van der Waals surface area contributed by atoms with E-state index in [4.69, 9.17) is 9.47 Å². The molecule has 1 amide bonds. The van der Waals surface area contributed by atoms with Crippen molar-refractivity contribution in [3.8, 4) is 11.5 Å². The monoisotopic (exact) mass is 594 g/mol. The van der Waals surface area contributed by atoms with Gasteiger partial charge < -0.3 is 24.6 Å². The van der Waals surface area contributed by atoms with Crippen LogP contribution in [0.2, 0.25) is 0 Å². The number of piperidine rings is 1. The van der Waals surface area contributed by atoms with Gasteiger partial charge in [0.1, 0.15) is 18.8 Å². The van der Waals surface area contributed by atoms with Gasteiger partial charge in [0.05, 0.1) is 16.9 Å². The van der Waals surface area contributed by atoms with Crippen molar-refractivity contribution in [1.29, 1.82) is 0 Å². The van der Waals surface area contributed by atoms with Crippen molar-refractivity contribution >= 4 is 5.91 Å². The van der Waals surface area contributed by atoms with Crippen molar-refractivity contribution in [3.05, 3.63) is 95.1 Å². The number of benzene rings is 3. The molecule has 0 unspecified atom stereocenters. The van der Waals surface area contributed by atoms with Crippen LogP contribution in [0, 0.1) is 11.8 Å². The summed E-state index contributed by atoms with van der Waals surface area (Å²) in [5.74, 6) is 1.07. The first-order valence-corrected chi connectivity index (χ1v) is 16.3. The Hall–Kier alpha value is -3.39. The maximum Gasteiger partial charge on any atom is 0.228 e. The number of aliphatic hydroxyl groups excluding tert-OH is 1. The maximum absolute atomic E-state index is 14.1. The third-order valence-corrected chi connectivity index (χ3v) is 11.3. The number of carbonyl (C=O) groups is 1. The van der Waals surface area contributed by atoms with Crippen LogP contribution >= 0.6 is 0 Å². The van der Waals surface area contributed by atoms with E-state index >= 15 is 0 Å². The molecule has 3 aliphatic carbocycles. The topological polar surface area (TPSA) is 82.5 Å². The minimum atomic E-state index is -1.21. The highest BCUT2D eigenvalue weighted by molar-refractivity contribution is 5.80. The highest BCUT2D eigenvalue weighted by Gasteiger charge is 2.75. The van der Waals surface area contributed by atoms with Gasteiger partial charge in [-0.25, -0.2) is 0 Å². The van der Waals surface area contributed by atoms with Crippen LogP contribution in [0.5, 0.6) is 11.5 Å². The van der Waals surface area contributed by atoms with Gasteiger partial charge in [-0.05, 0) is 73.7 Å². The summed E-state index contributed by atoms with van der Waals surface area (Å²) < 4.78 is 13.1. The van der Waals surface area contributed by atoms with Crippen LogP contribution in [0.25, 0.3) is 0 Å². The molecule has 2 bridgehead atoms. The molecule has 7 heteroatoms. The molecule has 230 valence electrons. The van der Waals surface area contributed by atoms with Crippen molar-refractivity contribution in [2.24, 2.45) is 11.8 Å². The van der Waals surface area contributed by atoms with E-state index in [1.165, 1.54) is 18.4 Å². The maximum atomic E-state index is 14.1. The van der Waals surface area contributed by atoms with Crippen molar-refractivity contribution < 1.29 is 24.5 Å². The molecule has 0 aromatic heterocycles. The SMILES string of the molecule is CN(CCc1ccccc1)C(=O)[C@H]1C[C@@]2(O)[C@H]3Cc4ccc(OCc5ccccc5)c5c4[C@@]2(CCN3CC2CC2)[C@@H](O5)[C@H]1O. The summed E-state index contributed by atoms with van der Waals surface area (Å²) in [6.45, 7) is 2.76. The third-order valence-electron chi connectivity index (χ3n) is 11.3. The first kappa shape index (κ1) is 28.1. The van der Waals surface area contributed by atoms with Gasteiger partial charge in [0.2, 0.25) is 5.91 Å². The second kappa shape index (κ2) is 10.6. The average molecular weight is 595 g/mol. The van der Waals surface area contributed by atoms with E-state index in [0.29, 0.717) is 43.4 Å². The van der Waals surface area contributed by atoms with Gasteiger partial charge in [-0.3, -0.25) is 9.69 Å². The van der Waals surface area contributed by atoms with Gasteiger partial charge in [-0.15, -0.1) is 0 Å². The molecule has 8 rings (SSSR count). The highest BCUT2D eigenvalue weighted by atomic mass is 16.5. The number of aliphatic hydroxyl groups is 2. The Kier molecular flexibility index (Phi) is 6.78. The number of hydrogen-bond donors (Lipinski definition) is 2. The second-order valence-corrected chi connectivity index (χ2v) is 13.8. The molecule has 1 spiro atoms. The Bertz CT molecular complexity index is 1540. The molecular formula is C37H42N2O5. The third kappa shape index (κ3) is 4.31. The zero-order valence-corrected chi connectivity index (χ0v) is 25.4. The fraction of sp³-hybridized carbons (Fsp3) is 0.486. The van der Waals surface area contributed by atoms with Crippen molar-refractivity contribution in [3.63, 3.8) is 0 Å². The summed E-state index contributed by atoms with van der Waals surface area (Å²) >= 11 is 0. The summed E-state index contributed by atoms with van der Waals surface area (Å²) in [5.41, 5.74) is 2.39. The van der Waals surface area contributed by atoms with Crippen molar-refractivity contribution in [1.82, 2.24) is 9.80 Å². The summed E-state index contributed by atoms with van der Waals surface area (Å²) in [7, 11) is 1.81. The lowest BCUT2D eigenvalue weighted by Gasteiger charge is -2.64. The minimum Gasteiger partial charge on any atom is -0.485 e. The molecule has 2 saturated carbocycles. The number of carbonyl (C=O) groups excluding carboxylic acids is 1. The quantitative estimate of drug-likeness (QED) is 0.388. The molecule has 3 aromatic rings. The lowest BCUT2D eigenvalue weighted by Crippen LogP contribution is -2.79. The standard InChI is InChI=1S/C37H42N2O5/c1-38(18-16-24-8-4-2-5-9-24)35(41)28-21-37(42)30-20-27-14-15-29(43-23-26-10-6-3-7-11-26)33-31(27)36(37,34(44-33)32(28)40)17-19-39(30)22-25-12-13-25/h2-11,14-15,25,28,30,32,34,40,42H,12-13,16-23H2,1H3/t28-,30+,32-,34-,36-,37+/m0/s1. The smallest absolute Gasteiger partial charge is 0.228 e. The van der Waals surface area contributed by atoms with Crippen LogP contribution in [-0.4, -0.2) is 76.5 Å². The molecule has 2 N–H and O–H groups in total. The Morgan fingerprint density at radius 1 is 1.05 bits per heavy atom. The predicted molar refractivity (Wildman–Crippen MR) is 167 cm³/mol. The fourth-order valence-electron chi connectivity index (χ4n) is 8.89. The van der Waals surface area contributed by atoms with E-state index < -0.39 is 29.1 Å². The molecule has 6 atom stereocenters. The summed E-state index contributed by atoms with van der Waals surface area (Å²) in [6, 6.07) is 24.2. The number of ether oxygens (including phenoxy) is 2. The van der Waals surface area contributed by atoms with E-state index in [0.717, 1.165) is 36.2 Å². The summed E-state index contributed by atoms with van der Waals surface area (Å²) in [6.07, 6.45) is 3.05. The largest absolute Gasteiger partial charge is 0.485 e. The van der Waals surface area contributed by atoms with Crippen LogP contribution in [0.15, 0.2) is 72.8 Å². The van der Waals surface area contributed by atoms with Gasteiger partial charge in [-0.1, -0.05) is 66.7 Å². The minimum absolute atomic E-state index is 0.130. The molecule has 3 fully saturated rings. The van der Waals surface area contributed by atoms with E-state index in [2.05, 4.69) is 23.1 Å². The Labute approximate surface area is 259 Å². The molecule has 1 saturated heterocycles. The lowest BCUT2D eigenvalue weighted by atomic mass is 9.47. The molecular weight excluding hydrogens is 552 g/mol. The molecule has 3 aromatic carbocycles. The number of hydrogen-bond acceptors (Lipinski definition) is 6. The normalized spacial score (nSPS) is 31.6. The van der Waals surface area contributed by atoms with Gasteiger partial charge in [0, 0.05) is 31.7 Å². The molecule has 0 radical (unpaired) electrons. The van der Waals surface area contributed by atoms with Crippen molar-refractivity contribution in [2.75, 3.05) is 26.7 Å². The van der Waals surface area contributed by atoms with Crippen LogP contribution in [0.1, 0.15) is 47.9 Å². The predicted octanol–water partition coefficient (Wildman–Crippen LogP) is 4.12. The van der Waals surface area contributed by atoms with Crippen LogP contribution in [0.3, 0.4) is 0 Å². The zero-order valence-electron chi connectivity index (χ0n) is 25.4. The molecule has 5 aliphatic rings. The summed E-state index contributed by atoms with van der Waals surface area (Å²) in [4.78, 5) is 18.3. The Morgan fingerprint density at radius 2 is 1.77 bits per heavy atom. The molecule has 7 nitrogen and oxygen atoms in total. The van der Waals surface area contributed by atoms with Gasteiger partial charge >= 0.3 is 0 Å². The van der Waals surface area contributed by atoms with Crippen LogP contribution < -0.4 is 9.47 Å². The van der Waals surface area contributed by atoms with Gasteiger partial charge in [-0.2, -0.15) is 0 Å². The molecule has 2 heterocycles. The molecule has 44 heavy (non-hydrogen) atoms. The number of amides is 1. The number of rotatable bonds is 9. The first-order chi connectivity index (χ1) is 21.4. The highest BCUT2D eigenvalue weighted by Crippen LogP contribution is 2.66. The lowest BCUT2D eigenvalue weighted by molar-refractivity contribution is -0.225. The second-order valence-electron chi connectivity index (χ2n) is 13.8. The Balaban J connectivity index is 1.14. The van der Waals surface area contributed by atoms with E-state index in [9.17, 15) is 15.0 Å². The number of likely N-dealkylation sites (tertiary alicyclic amines) is 1. The van der Waals surface area contributed by atoms with Crippen LogP contribution in [0.4, 0.5) is 0 Å². The van der Waals surface area contributed by atoms with Gasteiger partial charge in [0.15, 0.2) is 11.5 Å².